The van der Waals surface area contributed by atoms with E-state index in [4.69, 9.17) is 9.84 Å². The highest BCUT2D eigenvalue weighted by Crippen LogP contribution is 2.12. The molecule has 2 unspecified atom stereocenters. The second-order valence-electron chi connectivity index (χ2n) is 2.69. The summed E-state index contributed by atoms with van der Waals surface area (Å²) in [6.07, 6.45) is 2.06. The lowest BCUT2D eigenvalue weighted by molar-refractivity contribution is -0.0277. The van der Waals surface area contributed by atoms with Crippen LogP contribution in [-0.4, -0.2) is 37.5 Å². The Kier molecular flexibility index (Phi) is 3.12. The number of aliphatic hydroxyl groups excluding tert-OH is 1. The molecule has 2 N–H and O–H groups in total. The lowest BCUT2D eigenvalue weighted by atomic mass is 10.0. The van der Waals surface area contributed by atoms with Crippen molar-refractivity contribution in [3.63, 3.8) is 0 Å². The third kappa shape index (κ3) is 1.94. The standard InChI is InChI=1S/C7H15NO2/c1-8-6-2-3-10-7(4-6)5-9/h6-9H,2-5H2,1H3. The molecule has 1 aliphatic heterocycles. The summed E-state index contributed by atoms with van der Waals surface area (Å²) in [6, 6.07) is 0.533. The summed E-state index contributed by atoms with van der Waals surface area (Å²) in [7, 11) is 1.95. The largest absolute Gasteiger partial charge is 0.394 e. The molecule has 0 aromatic rings. The van der Waals surface area contributed by atoms with E-state index in [1.54, 1.807) is 0 Å². The molecule has 10 heavy (non-hydrogen) atoms. The highest BCUT2D eigenvalue weighted by atomic mass is 16.5. The average Bonchev–Trinajstić information content (AvgIpc) is 2.05. The van der Waals surface area contributed by atoms with Crippen LogP contribution in [0.1, 0.15) is 12.8 Å². The van der Waals surface area contributed by atoms with E-state index >= 15 is 0 Å². The fourth-order valence-electron chi connectivity index (χ4n) is 1.27. The predicted octanol–water partition coefficient (Wildman–Crippen LogP) is -0.254. The van der Waals surface area contributed by atoms with E-state index in [-0.39, 0.29) is 12.7 Å². The number of aliphatic hydroxyl groups is 1. The molecule has 1 rings (SSSR count). The SMILES string of the molecule is CNC1CCOC(CO)C1. The third-order valence-corrected chi connectivity index (χ3v) is 1.98. The Morgan fingerprint density at radius 3 is 3.10 bits per heavy atom. The van der Waals surface area contributed by atoms with Gasteiger partial charge in [-0.2, -0.15) is 0 Å². The molecule has 3 nitrogen and oxygen atoms in total. The molecule has 0 bridgehead atoms. The lowest BCUT2D eigenvalue weighted by Crippen LogP contribution is -2.38. The summed E-state index contributed by atoms with van der Waals surface area (Å²) in [5.41, 5.74) is 0. The van der Waals surface area contributed by atoms with E-state index in [0.717, 1.165) is 19.4 Å². The maximum atomic E-state index is 8.75. The van der Waals surface area contributed by atoms with E-state index in [2.05, 4.69) is 5.32 Å². The molecule has 0 saturated carbocycles. The molecule has 60 valence electrons. The predicted molar refractivity (Wildman–Crippen MR) is 38.9 cm³/mol. The summed E-state index contributed by atoms with van der Waals surface area (Å²) in [5, 5.41) is 11.9. The third-order valence-electron chi connectivity index (χ3n) is 1.98. The minimum Gasteiger partial charge on any atom is -0.394 e. The van der Waals surface area contributed by atoms with Gasteiger partial charge in [0, 0.05) is 12.6 Å². The Morgan fingerprint density at radius 2 is 2.50 bits per heavy atom. The van der Waals surface area contributed by atoms with E-state index in [1.807, 2.05) is 7.05 Å². The summed E-state index contributed by atoms with van der Waals surface area (Å²) in [4.78, 5) is 0. The van der Waals surface area contributed by atoms with Crippen LogP contribution in [0.4, 0.5) is 0 Å². The molecule has 0 aromatic heterocycles. The molecular formula is C7H15NO2. The fraction of sp³-hybridized carbons (Fsp3) is 1.00. The first-order valence-corrected chi connectivity index (χ1v) is 3.76. The Labute approximate surface area is 61.4 Å². The van der Waals surface area contributed by atoms with Gasteiger partial charge in [-0.15, -0.1) is 0 Å². The van der Waals surface area contributed by atoms with E-state index in [1.165, 1.54) is 0 Å². The Bertz CT molecular complexity index is 87.6. The number of ether oxygens (including phenoxy) is 1. The van der Waals surface area contributed by atoms with Gasteiger partial charge < -0.3 is 15.2 Å². The summed E-state index contributed by atoms with van der Waals surface area (Å²) in [5.74, 6) is 0. The molecule has 1 saturated heterocycles. The molecule has 1 heterocycles. The van der Waals surface area contributed by atoms with E-state index in [0.29, 0.717) is 6.04 Å². The minimum absolute atomic E-state index is 0.0613. The van der Waals surface area contributed by atoms with Gasteiger partial charge in [0.1, 0.15) is 0 Å². The fourth-order valence-corrected chi connectivity index (χ4v) is 1.27. The van der Waals surface area contributed by atoms with Gasteiger partial charge in [-0.05, 0) is 19.9 Å². The van der Waals surface area contributed by atoms with Gasteiger partial charge in [0.15, 0.2) is 0 Å². The van der Waals surface area contributed by atoms with Crippen LogP contribution in [0.25, 0.3) is 0 Å². The first-order chi connectivity index (χ1) is 4.86. The summed E-state index contributed by atoms with van der Waals surface area (Å²) >= 11 is 0. The molecule has 0 spiro atoms. The zero-order valence-electron chi connectivity index (χ0n) is 6.34. The van der Waals surface area contributed by atoms with Crippen molar-refractivity contribution in [3.8, 4) is 0 Å². The van der Waals surface area contributed by atoms with Gasteiger partial charge in [-0.3, -0.25) is 0 Å². The summed E-state index contributed by atoms with van der Waals surface area (Å²) in [6.45, 7) is 0.926. The lowest BCUT2D eigenvalue weighted by Gasteiger charge is -2.27. The highest BCUT2D eigenvalue weighted by Gasteiger charge is 2.19. The zero-order valence-corrected chi connectivity index (χ0v) is 6.34. The topological polar surface area (TPSA) is 41.5 Å². The van der Waals surface area contributed by atoms with Crippen LogP contribution in [0.2, 0.25) is 0 Å². The molecule has 1 fully saturated rings. The van der Waals surface area contributed by atoms with Crippen molar-refractivity contribution < 1.29 is 9.84 Å². The smallest absolute Gasteiger partial charge is 0.0820 e. The van der Waals surface area contributed by atoms with Crippen LogP contribution in [0.5, 0.6) is 0 Å². The van der Waals surface area contributed by atoms with Crippen molar-refractivity contribution in [1.82, 2.24) is 5.32 Å². The average molecular weight is 145 g/mol. The van der Waals surface area contributed by atoms with Crippen LogP contribution in [0.3, 0.4) is 0 Å². The van der Waals surface area contributed by atoms with Gasteiger partial charge in [0.25, 0.3) is 0 Å². The number of hydrogen-bond acceptors (Lipinski definition) is 3. The highest BCUT2D eigenvalue weighted by molar-refractivity contribution is 4.74. The van der Waals surface area contributed by atoms with Crippen LogP contribution < -0.4 is 5.32 Å². The van der Waals surface area contributed by atoms with Gasteiger partial charge in [0.2, 0.25) is 0 Å². The van der Waals surface area contributed by atoms with Crippen LogP contribution >= 0.6 is 0 Å². The van der Waals surface area contributed by atoms with Gasteiger partial charge in [0.05, 0.1) is 12.7 Å². The molecule has 3 heteroatoms. The first kappa shape index (κ1) is 7.98. The Hall–Kier alpha value is -0.120. The van der Waals surface area contributed by atoms with Crippen molar-refractivity contribution >= 4 is 0 Å². The zero-order chi connectivity index (χ0) is 7.40. The number of nitrogens with one attached hydrogen (secondary N) is 1. The van der Waals surface area contributed by atoms with E-state index in [9.17, 15) is 0 Å². The van der Waals surface area contributed by atoms with Crippen LogP contribution in [-0.2, 0) is 4.74 Å². The van der Waals surface area contributed by atoms with Gasteiger partial charge >= 0.3 is 0 Å². The van der Waals surface area contributed by atoms with Crippen molar-refractivity contribution in [2.75, 3.05) is 20.3 Å². The minimum atomic E-state index is 0.0613. The normalized spacial score (nSPS) is 34.2. The van der Waals surface area contributed by atoms with Crippen molar-refractivity contribution in [1.29, 1.82) is 0 Å². The number of rotatable bonds is 2. The maximum absolute atomic E-state index is 8.75. The molecule has 0 aromatic carbocycles. The van der Waals surface area contributed by atoms with Crippen LogP contribution in [0.15, 0.2) is 0 Å². The van der Waals surface area contributed by atoms with Gasteiger partial charge in [-0.25, -0.2) is 0 Å². The molecule has 0 aliphatic carbocycles. The molecule has 2 atom stereocenters. The van der Waals surface area contributed by atoms with Crippen molar-refractivity contribution in [2.24, 2.45) is 0 Å². The summed E-state index contributed by atoms with van der Waals surface area (Å²) < 4.78 is 5.27. The second-order valence-corrected chi connectivity index (χ2v) is 2.69. The van der Waals surface area contributed by atoms with Crippen molar-refractivity contribution in [2.45, 2.75) is 25.0 Å². The first-order valence-electron chi connectivity index (χ1n) is 3.76. The maximum Gasteiger partial charge on any atom is 0.0820 e. The monoisotopic (exact) mass is 145 g/mol. The Balaban J connectivity index is 2.25. The number of hydrogen-bond donors (Lipinski definition) is 2. The molecule has 1 aliphatic rings. The molecule has 0 radical (unpaired) electrons. The molecule has 0 amide bonds. The van der Waals surface area contributed by atoms with Crippen molar-refractivity contribution in [3.05, 3.63) is 0 Å². The quantitative estimate of drug-likeness (QED) is 0.563. The van der Waals surface area contributed by atoms with Gasteiger partial charge in [-0.1, -0.05) is 0 Å². The van der Waals surface area contributed by atoms with E-state index < -0.39 is 0 Å². The van der Waals surface area contributed by atoms with Crippen LogP contribution in [0, 0.1) is 0 Å². The molecular weight excluding hydrogens is 130 g/mol. The second kappa shape index (κ2) is 3.91. The Morgan fingerprint density at radius 1 is 1.70 bits per heavy atom.